The van der Waals surface area contributed by atoms with Crippen LogP contribution in [-0.2, 0) is 13.0 Å². The number of imide groups is 1. The lowest BCUT2D eigenvalue weighted by Crippen LogP contribution is -2.29. The van der Waals surface area contributed by atoms with Gasteiger partial charge in [0.2, 0.25) is 0 Å². The van der Waals surface area contributed by atoms with E-state index in [9.17, 15) is 19.5 Å². The van der Waals surface area contributed by atoms with Crippen molar-refractivity contribution in [2.24, 2.45) is 0 Å². The Kier molecular flexibility index (Phi) is 2.51. The molecule has 1 N–H and O–H groups in total. The van der Waals surface area contributed by atoms with E-state index in [0.717, 1.165) is 11.3 Å². The van der Waals surface area contributed by atoms with Crippen molar-refractivity contribution in [1.29, 1.82) is 0 Å². The summed E-state index contributed by atoms with van der Waals surface area (Å²) in [7, 11) is 0. The summed E-state index contributed by atoms with van der Waals surface area (Å²) in [5.74, 6) is -1.75. The third-order valence-electron chi connectivity index (χ3n) is 4.19. The number of anilines is 1. The Morgan fingerprint density at radius 1 is 0.955 bits per heavy atom. The summed E-state index contributed by atoms with van der Waals surface area (Å²) in [4.78, 5) is 38.5. The number of para-hydroxylation sites is 1. The molecule has 110 valence electrons. The molecule has 0 bridgehead atoms. The van der Waals surface area contributed by atoms with E-state index < -0.39 is 23.1 Å². The Morgan fingerprint density at radius 2 is 1.64 bits per heavy atom. The second kappa shape index (κ2) is 4.30. The second-order valence-electron chi connectivity index (χ2n) is 5.39. The van der Waals surface area contributed by atoms with E-state index in [2.05, 4.69) is 0 Å². The number of hydrogen-bond acceptors (Lipinski definition) is 4. The number of fused-ring (bicyclic) bond motifs is 3. The van der Waals surface area contributed by atoms with Crippen LogP contribution in [0.1, 0.15) is 32.8 Å². The summed E-state index contributed by atoms with van der Waals surface area (Å²) in [6.07, 6.45) is 1.28. The number of benzene rings is 1. The number of hydrogen-bond donors (Lipinski definition) is 1. The van der Waals surface area contributed by atoms with E-state index in [-0.39, 0.29) is 11.1 Å². The number of pyridine rings is 1. The number of carbonyl (C=O) groups excluding carboxylic acids is 2. The van der Waals surface area contributed by atoms with Crippen LogP contribution in [0.5, 0.6) is 5.75 Å². The highest BCUT2D eigenvalue weighted by Crippen LogP contribution is 2.35. The molecule has 0 fully saturated rings. The van der Waals surface area contributed by atoms with Crippen LogP contribution in [0.15, 0.2) is 35.1 Å². The Labute approximate surface area is 125 Å². The lowest BCUT2D eigenvalue weighted by atomic mass is 10.1. The van der Waals surface area contributed by atoms with Gasteiger partial charge in [-0.05, 0) is 25.0 Å². The minimum atomic E-state index is -0.643. The molecule has 0 saturated carbocycles. The molecule has 0 aliphatic carbocycles. The van der Waals surface area contributed by atoms with Crippen molar-refractivity contribution in [2.45, 2.75) is 19.4 Å². The van der Waals surface area contributed by atoms with Gasteiger partial charge < -0.3 is 9.67 Å². The zero-order valence-electron chi connectivity index (χ0n) is 11.6. The van der Waals surface area contributed by atoms with Gasteiger partial charge in [-0.2, -0.15) is 0 Å². The molecule has 2 aliphatic heterocycles. The molecule has 3 heterocycles. The SMILES string of the molecule is O=C1c2c(c3n(c(=O)c2O)CCC3)C(=O)N1c1ccccc1. The standard InChI is InChI=1S/C16H12N2O4/c19-13-12-11(10-7-4-8-17(10)16(13)22)14(20)18(15(12)21)9-5-2-1-3-6-9/h1-3,5-6,19H,4,7-8H2. The maximum atomic E-state index is 12.7. The normalized spacial score (nSPS) is 16.1. The first kappa shape index (κ1) is 12.8. The Hall–Kier alpha value is -2.89. The lowest BCUT2D eigenvalue weighted by molar-refractivity contribution is 0.0925. The number of carbonyl (C=O) groups is 2. The van der Waals surface area contributed by atoms with E-state index in [0.29, 0.717) is 24.3 Å². The molecule has 0 saturated heterocycles. The van der Waals surface area contributed by atoms with Crippen molar-refractivity contribution in [3.05, 3.63) is 57.5 Å². The first-order valence-electron chi connectivity index (χ1n) is 7.03. The van der Waals surface area contributed by atoms with Crippen LogP contribution >= 0.6 is 0 Å². The highest BCUT2D eigenvalue weighted by molar-refractivity contribution is 6.35. The molecule has 22 heavy (non-hydrogen) atoms. The molecule has 0 atom stereocenters. The van der Waals surface area contributed by atoms with Gasteiger partial charge in [-0.25, -0.2) is 4.90 Å². The summed E-state index contributed by atoms with van der Waals surface area (Å²) in [5.41, 5.74) is 0.393. The van der Waals surface area contributed by atoms with Crippen LogP contribution < -0.4 is 10.5 Å². The number of aromatic hydroxyl groups is 1. The van der Waals surface area contributed by atoms with Gasteiger partial charge in [0.1, 0.15) is 5.56 Å². The first-order chi connectivity index (χ1) is 10.6. The minimum absolute atomic E-state index is 0.160. The Balaban J connectivity index is 1.99. The van der Waals surface area contributed by atoms with Crippen molar-refractivity contribution >= 4 is 17.5 Å². The molecule has 0 radical (unpaired) electrons. The number of rotatable bonds is 1. The highest BCUT2D eigenvalue weighted by atomic mass is 16.3. The predicted molar refractivity (Wildman–Crippen MR) is 78.3 cm³/mol. The van der Waals surface area contributed by atoms with Crippen LogP contribution in [0, 0.1) is 0 Å². The summed E-state index contributed by atoms with van der Waals surface area (Å²) >= 11 is 0. The quantitative estimate of drug-likeness (QED) is 0.804. The van der Waals surface area contributed by atoms with Crippen molar-refractivity contribution < 1.29 is 14.7 Å². The van der Waals surface area contributed by atoms with Gasteiger partial charge in [0.15, 0.2) is 5.75 Å². The van der Waals surface area contributed by atoms with Gasteiger partial charge in [0.25, 0.3) is 17.4 Å². The second-order valence-corrected chi connectivity index (χ2v) is 5.39. The van der Waals surface area contributed by atoms with E-state index in [1.54, 1.807) is 30.3 Å². The van der Waals surface area contributed by atoms with Gasteiger partial charge in [-0.15, -0.1) is 0 Å². The molecule has 0 unspecified atom stereocenters. The Bertz CT molecular complexity index is 883. The van der Waals surface area contributed by atoms with Gasteiger partial charge in [-0.1, -0.05) is 18.2 Å². The fraction of sp³-hybridized carbons (Fsp3) is 0.188. The third-order valence-corrected chi connectivity index (χ3v) is 4.19. The molecule has 1 aromatic heterocycles. The lowest BCUT2D eigenvalue weighted by Gasteiger charge is -2.13. The Morgan fingerprint density at radius 3 is 2.36 bits per heavy atom. The summed E-state index contributed by atoms with van der Waals surface area (Å²) in [6.45, 7) is 0.460. The van der Waals surface area contributed by atoms with E-state index in [1.807, 2.05) is 0 Å². The fourth-order valence-corrected chi connectivity index (χ4v) is 3.22. The number of amides is 2. The fourth-order valence-electron chi connectivity index (χ4n) is 3.22. The van der Waals surface area contributed by atoms with Crippen LogP contribution in [0.3, 0.4) is 0 Å². The molecule has 0 spiro atoms. The molecular formula is C16H12N2O4. The summed E-state index contributed by atoms with van der Waals surface area (Å²) in [5, 5.41) is 10.1. The predicted octanol–water partition coefficient (Wildman–Crippen LogP) is 1.30. The topological polar surface area (TPSA) is 79.6 Å². The molecule has 4 rings (SSSR count). The van der Waals surface area contributed by atoms with Crippen molar-refractivity contribution in [3.8, 4) is 5.75 Å². The van der Waals surface area contributed by atoms with Crippen molar-refractivity contribution in [3.63, 3.8) is 0 Å². The average Bonchev–Trinajstić information content (AvgIpc) is 3.09. The van der Waals surface area contributed by atoms with Crippen molar-refractivity contribution in [2.75, 3.05) is 4.90 Å². The summed E-state index contributed by atoms with van der Waals surface area (Å²) in [6, 6.07) is 8.50. The summed E-state index contributed by atoms with van der Waals surface area (Å²) < 4.78 is 1.40. The van der Waals surface area contributed by atoms with Crippen molar-refractivity contribution in [1.82, 2.24) is 4.57 Å². The maximum absolute atomic E-state index is 12.7. The van der Waals surface area contributed by atoms with Crippen LogP contribution in [0.4, 0.5) is 5.69 Å². The average molecular weight is 296 g/mol. The minimum Gasteiger partial charge on any atom is -0.502 e. The highest BCUT2D eigenvalue weighted by Gasteiger charge is 2.43. The molecule has 1 aromatic carbocycles. The van der Waals surface area contributed by atoms with Crippen LogP contribution in [-0.4, -0.2) is 21.5 Å². The van der Waals surface area contributed by atoms with Gasteiger partial charge in [-0.3, -0.25) is 14.4 Å². The first-order valence-corrected chi connectivity index (χ1v) is 7.03. The zero-order chi connectivity index (χ0) is 15.4. The smallest absolute Gasteiger partial charge is 0.293 e. The molecular weight excluding hydrogens is 284 g/mol. The number of aromatic nitrogens is 1. The monoisotopic (exact) mass is 296 g/mol. The largest absolute Gasteiger partial charge is 0.502 e. The zero-order valence-corrected chi connectivity index (χ0v) is 11.6. The molecule has 2 aliphatic rings. The molecule has 6 heteroatoms. The van der Waals surface area contributed by atoms with Crippen LogP contribution in [0.2, 0.25) is 0 Å². The van der Waals surface area contributed by atoms with Gasteiger partial charge in [0.05, 0.1) is 11.3 Å². The third kappa shape index (κ3) is 1.46. The molecule has 2 amide bonds. The van der Waals surface area contributed by atoms with E-state index in [4.69, 9.17) is 0 Å². The molecule has 6 nitrogen and oxygen atoms in total. The molecule has 2 aromatic rings. The van der Waals surface area contributed by atoms with E-state index >= 15 is 0 Å². The van der Waals surface area contributed by atoms with Crippen LogP contribution in [0.25, 0.3) is 0 Å². The van der Waals surface area contributed by atoms with E-state index in [1.165, 1.54) is 4.57 Å². The maximum Gasteiger partial charge on any atom is 0.293 e. The van der Waals surface area contributed by atoms with Gasteiger partial charge >= 0.3 is 0 Å². The van der Waals surface area contributed by atoms with Gasteiger partial charge in [0, 0.05) is 12.2 Å². The number of nitrogens with zero attached hydrogens (tertiary/aromatic N) is 2.